The molecule has 0 spiro atoms. The monoisotopic (exact) mass is 272 g/mol. The van der Waals surface area contributed by atoms with Crippen molar-refractivity contribution >= 4 is 11.4 Å². The molecule has 1 aliphatic heterocycles. The van der Waals surface area contributed by atoms with E-state index in [2.05, 4.69) is 34.1 Å². The van der Waals surface area contributed by atoms with E-state index >= 15 is 0 Å². The number of aromatic nitrogens is 2. The lowest BCUT2D eigenvalue weighted by atomic mass is 10.0. The van der Waals surface area contributed by atoms with Crippen LogP contribution in [0.1, 0.15) is 37.0 Å². The standard InChI is InChI=1S/C15H20N4O/c1-2-4-14-17-15(20-18-14)10-19-8-3-5-11-9-12(16)6-7-13(11)19/h6-7,9H,2-5,8,10,16H2,1H3. The lowest BCUT2D eigenvalue weighted by Gasteiger charge is -2.30. The molecule has 1 aromatic heterocycles. The lowest BCUT2D eigenvalue weighted by molar-refractivity contribution is 0.369. The van der Waals surface area contributed by atoms with Gasteiger partial charge in [0.25, 0.3) is 0 Å². The Hall–Kier alpha value is -2.04. The van der Waals surface area contributed by atoms with Crippen LogP contribution in [0.3, 0.4) is 0 Å². The SMILES string of the molecule is CCCc1noc(CN2CCCc3cc(N)ccc32)n1. The fourth-order valence-corrected chi connectivity index (χ4v) is 2.70. The van der Waals surface area contributed by atoms with E-state index in [1.54, 1.807) is 0 Å². The minimum absolute atomic E-state index is 0.674. The predicted molar refractivity (Wildman–Crippen MR) is 78.5 cm³/mol. The zero-order valence-corrected chi connectivity index (χ0v) is 11.8. The summed E-state index contributed by atoms with van der Waals surface area (Å²) in [7, 11) is 0. The molecule has 0 atom stereocenters. The third-order valence-electron chi connectivity index (χ3n) is 3.63. The van der Waals surface area contributed by atoms with Crippen molar-refractivity contribution in [2.45, 2.75) is 39.2 Å². The van der Waals surface area contributed by atoms with Crippen LogP contribution in [0, 0.1) is 0 Å². The summed E-state index contributed by atoms with van der Waals surface area (Å²) in [6.45, 7) is 3.80. The highest BCUT2D eigenvalue weighted by molar-refractivity contribution is 5.60. The number of aryl methyl sites for hydroxylation is 2. The zero-order valence-electron chi connectivity index (χ0n) is 11.8. The smallest absolute Gasteiger partial charge is 0.246 e. The van der Waals surface area contributed by atoms with Gasteiger partial charge < -0.3 is 15.2 Å². The molecule has 0 radical (unpaired) electrons. The summed E-state index contributed by atoms with van der Waals surface area (Å²) < 4.78 is 5.33. The van der Waals surface area contributed by atoms with Crippen LogP contribution in [-0.2, 0) is 19.4 Å². The molecule has 0 saturated heterocycles. The molecule has 2 aromatic rings. The molecule has 106 valence electrons. The molecular formula is C15H20N4O. The Labute approximate surface area is 118 Å². The first kappa shape index (κ1) is 13.0. The van der Waals surface area contributed by atoms with E-state index in [-0.39, 0.29) is 0 Å². The average molecular weight is 272 g/mol. The van der Waals surface area contributed by atoms with Gasteiger partial charge in [-0.15, -0.1) is 0 Å². The van der Waals surface area contributed by atoms with E-state index in [0.717, 1.165) is 43.7 Å². The van der Waals surface area contributed by atoms with E-state index in [9.17, 15) is 0 Å². The van der Waals surface area contributed by atoms with Crippen LogP contribution in [0.5, 0.6) is 0 Å². The maximum atomic E-state index is 5.86. The van der Waals surface area contributed by atoms with Crippen molar-refractivity contribution in [2.75, 3.05) is 17.2 Å². The van der Waals surface area contributed by atoms with E-state index < -0.39 is 0 Å². The van der Waals surface area contributed by atoms with Crippen LogP contribution in [0.4, 0.5) is 11.4 Å². The summed E-state index contributed by atoms with van der Waals surface area (Å²) in [5, 5.41) is 4.01. The van der Waals surface area contributed by atoms with Crippen LogP contribution in [0.25, 0.3) is 0 Å². The van der Waals surface area contributed by atoms with Gasteiger partial charge in [-0.3, -0.25) is 0 Å². The van der Waals surface area contributed by atoms with Crippen LogP contribution in [-0.4, -0.2) is 16.7 Å². The van der Waals surface area contributed by atoms with Gasteiger partial charge in [0.2, 0.25) is 5.89 Å². The number of nitrogens with two attached hydrogens (primary N) is 1. The minimum Gasteiger partial charge on any atom is -0.399 e. The molecular weight excluding hydrogens is 252 g/mol. The number of rotatable bonds is 4. The van der Waals surface area contributed by atoms with Crippen LogP contribution < -0.4 is 10.6 Å². The molecule has 0 unspecified atom stereocenters. The predicted octanol–water partition coefficient (Wildman–Crippen LogP) is 2.56. The summed E-state index contributed by atoms with van der Waals surface area (Å²) in [5.41, 5.74) is 9.23. The van der Waals surface area contributed by atoms with Gasteiger partial charge in [0, 0.05) is 24.3 Å². The van der Waals surface area contributed by atoms with Gasteiger partial charge in [-0.1, -0.05) is 12.1 Å². The largest absolute Gasteiger partial charge is 0.399 e. The second-order valence-corrected chi connectivity index (χ2v) is 5.27. The number of hydrogen-bond acceptors (Lipinski definition) is 5. The second-order valence-electron chi connectivity index (χ2n) is 5.27. The Morgan fingerprint density at radius 3 is 3.15 bits per heavy atom. The normalized spacial score (nSPS) is 14.3. The molecule has 1 aromatic carbocycles. The van der Waals surface area contributed by atoms with Crippen molar-refractivity contribution in [1.29, 1.82) is 0 Å². The molecule has 0 amide bonds. The molecule has 0 fully saturated rings. The molecule has 3 rings (SSSR count). The fraction of sp³-hybridized carbons (Fsp3) is 0.467. The zero-order chi connectivity index (χ0) is 13.9. The van der Waals surface area contributed by atoms with Gasteiger partial charge in [-0.05, 0) is 43.0 Å². The van der Waals surface area contributed by atoms with Gasteiger partial charge in [-0.25, -0.2) is 0 Å². The molecule has 20 heavy (non-hydrogen) atoms. The highest BCUT2D eigenvalue weighted by atomic mass is 16.5. The van der Waals surface area contributed by atoms with Gasteiger partial charge in [0.05, 0.1) is 6.54 Å². The fourth-order valence-electron chi connectivity index (χ4n) is 2.70. The summed E-state index contributed by atoms with van der Waals surface area (Å²) in [4.78, 5) is 6.73. The van der Waals surface area contributed by atoms with Gasteiger partial charge in [0.15, 0.2) is 5.82 Å². The molecule has 0 aliphatic carbocycles. The molecule has 5 heteroatoms. The highest BCUT2D eigenvalue weighted by Crippen LogP contribution is 2.29. The van der Waals surface area contributed by atoms with Crippen molar-refractivity contribution in [2.24, 2.45) is 0 Å². The maximum absolute atomic E-state index is 5.86. The molecule has 0 bridgehead atoms. The Kier molecular flexibility index (Phi) is 3.58. The highest BCUT2D eigenvalue weighted by Gasteiger charge is 2.19. The molecule has 2 heterocycles. The van der Waals surface area contributed by atoms with Crippen molar-refractivity contribution in [1.82, 2.24) is 10.1 Å². The second kappa shape index (κ2) is 5.53. The Bertz CT molecular complexity index is 593. The lowest BCUT2D eigenvalue weighted by Crippen LogP contribution is -2.29. The van der Waals surface area contributed by atoms with Crippen LogP contribution in [0.2, 0.25) is 0 Å². The number of nitrogen functional groups attached to an aromatic ring is 1. The van der Waals surface area contributed by atoms with E-state index in [4.69, 9.17) is 10.3 Å². The number of nitrogens with zero attached hydrogens (tertiary/aromatic N) is 3. The van der Waals surface area contributed by atoms with E-state index in [1.165, 1.54) is 11.3 Å². The van der Waals surface area contributed by atoms with E-state index in [0.29, 0.717) is 12.4 Å². The minimum atomic E-state index is 0.674. The number of anilines is 2. The average Bonchev–Trinajstić information content (AvgIpc) is 2.86. The summed E-state index contributed by atoms with van der Waals surface area (Å²) in [5.74, 6) is 1.50. The Balaban J connectivity index is 1.78. The number of benzene rings is 1. The first-order chi connectivity index (χ1) is 9.76. The molecule has 5 nitrogen and oxygen atoms in total. The van der Waals surface area contributed by atoms with Crippen molar-refractivity contribution in [3.8, 4) is 0 Å². The van der Waals surface area contributed by atoms with Crippen LogP contribution >= 0.6 is 0 Å². The first-order valence-electron chi connectivity index (χ1n) is 7.21. The summed E-state index contributed by atoms with van der Waals surface area (Å²) in [6.07, 6.45) is 4.12. The van der Waals surface area contributed by atoms with Crippen molar-refractivity contribution in [3.63, 3.8) is 0 Å². The number of hydrogen-bond donors (Lipinski definition) is 1. The van der Waals surface area contributed by atoms with Crippen molar-refractivity contribution < 1.29 is 4.52 Å². The number of fused-ring (bicyclic) bond motifs is 1. The Morgan fingerprint density at radius 2 is 2.30 bits per heavy atom. The first-order valence-corrected chi connectivity index (χ1v) is 7.21. The summed E-state index contributed by atoms with van der Waals surface area (Å²) in [6, 6.07) is 6.11. The van der Waals surface area contributed by atoms with Gasteiger partial charge in [-0.2, -0.15) is 4.98 Å². The third kappa shape index (κ3) is 2.61. The van der Waals surface area contributed by atoms with Crippen LogP contribution in [0.15, 0.2) is 22.7 Å². The van der Waals surface area contributed by atoms with Gasteiger partial charge >= 0.3 is 0 Å². The quantitative estimate of drug-likeness (QED) is 0.866. The third-order valence-corrected chi connectivity index (χ3v) is 3.63. The topological polar surface area (TPSA) is 68.2 Å². The molecule has 2 N–H and O–H groups in total. The molecule has 1 aliphatic rings. The van der Waals surface area contributed by atoms with E-state index in [1.807, 2.05) is 6.07 Å². The summed E-state index contributed by atoms with van der Waals surface area (Å²) >= 11 is 0. The van der Waals surface area contributed by atoms with Crippen molar-refractivity contribution in [3.05, 3.63) is 35.5 Å². The van der Waals surface area contributed by atoms with Gasteiger partial charge in [0.1, 0.15) is 0 Å². The molecule has 0 saturated carbocycles. The Morgan fingerprint density at radius 1 is 1.40 bits per heavy atom. The maximum Gasteiger partial charge on any atom is 0.246 e.